The third-order valence-corrected chi connectivity index (χ3v) is 3.23. The molecule has 4 nitrogen and oxygen atoms in total. The highest BCUT2D eigenvalue weighted by Crippen LogP contribution is 2.50. The van der Waals surface area contributed by atoms with E-state index in [-0.39, 0.29) is 5.91 Å². The van der Waals surface area contributed by atoms with Gasteiger partial charge in [-0.05, 0) is 29.9 Å². The number of anilines is 1. The van der Waals surface area contributed by atoms with Crippen molar-refractivity contribution in [1.29, 1.82) is 0 Å². The third-order valence-electron chi connectivity index (χ3n) is 3.23. The van der Waals surface area contributed by atoms with E-state index in [4.69, 9.17) is 5.73 Å². The van der Waals surface area contributed by atoms with E-state index in [0.29, 0.717) is 22.8 Å². The molecule has 1 aromatic heterocycles. The molecule has 86 valence electrons. The van der Waals surface area contributed by atoms with Gasteiger partial charge in [-0.2, -0.15) is 0 Å². The number of amides is 1. The molecule has 1 saturated carbocycles. The number of hydrogen-bond donors (Lipinski definition) is 2. The SMILES string of the molecule is CC1(C)CC1CNC(=O)c1cccc(N)n1. The maximum Gasteiger partial charge on any atom is 0.269 e. The van der Waals surface area contributed by atoms with Crippen molar-refractivity contribution < 1.29 is 4.79 Å². The quantitative estimate of drug-likeness (QED) is 0.808. The predicted molar refractivity (Wildman–Crippen MR) is 62.9 cm³/mol. The van der Waals surface area contributed by atoms with Crippen LogP contribution in [-0.2, 0) is 0 Å². The molecule has 1 fully saturated rings. The minimum atomic E-state index is -0.144. The van der Waals surface area contributed by atoms with Gasteiger partial charge in [-0.1, -0.05) is 19.9 Å². The van der Waals surface area contributed by atoms with Gasteiger partial charge in [-0.15, -0.1) is 0 Å². The predicted octanol–water partition coefficient (Wildman–Crippen LogP) is 1.44. The Morgan fingerprint density at radius 2 is 2.31 bits per heavy atom. The van der Waals surface area contributed by atoms with Crippen LogP contribution in [0.5, 0.6) is 0 Å². The molecule has 0 spiro atoms. The second-order valence-electron chi connectivity index (χ2n) is 5.05. The molecule has 1 aliphatic carbocycles. The zero-order chi connectivity index (χ0) is 11.8. The lowest BCUT2D eigenvalue weighted by Crippen LogP contribution is -2.27. The highest BCUT2D eigenvalue weighted by Gasteiger charge is 2.45. The maximum atomic E-state index is 11.7. The smallest absolute Gasteiger partial charge is 0.269 e. The summed E-state index contributed by atoms with van der Waals surface area (Å²) in [4.78, 5) is 15.7. The molecule has 1 amide bonds. The second-order valence-corrected chi connectivity index (χ2v) is 5.05. The van der Waals surface area contributed by atoms with Crippen LogP contribution in [-0.4, -0.2) is 17.4 Å². The van der Waals surface area contributed by atoms with Crippen LogP contribution in [0.25, 0.3) is 0 Å². The first-order valence-electron chi connectivity index (χ1n) is 5.50. The van der Waals surface area contributed by atoms with Crippen molar-refractivity contribution in [2.45, 2.75) is 20.3 Å². The third kappa shape index (κ3) is 2.32. The zero-order valence-corrected chi connectivity index (χ0v) is 9.66. The van der Waals surface area contributed by atoms with E-state index in [1.807, 2.05) is 0 Å². The molecule has 1 aliphatic rings. The number of nitrogens with one attached hydrogen (secondary N) is 1. The number of nitrogen functional groups attached to an aromatic ring is 1. The fourth-order valence-corrected chi connectivity index (χ4v) is 1.81. The monoisotopic (exact) mass is 219 g/mol. The molecule has 0 aromatic carbocycles. The van der Waals surface area contributed by atoms with E-state index in [0.717, 1.165) is 6.54 Å². The first-order valence-corrected chi connectivity index (χ1v) is 5.50. The number of rotatable bonds is 3. The Balaban J connectivity index is 1.89. The number of carbonyl (C=O) groups excluding carboxylic acids is 1. The first kappa shape index (κ1) is 10.9. The normalized spacial score (nSPS) is 21.5. The summed E-state index contributed by atoms with van der Waals surface area (Å²) >= 11 is 0. The fourth-order valence-electron chi connectivity index (χ4n) is 1.81. The number of nitrogens with two attached hydrogens (primary N) is 1. The van der Waals surface area contributed by atoms with Crippen LogP contribution in [0.15, 0.2) is 18.2 Å². The molecule has 1 unspecified atom stereocenters. The van der Waals surface area contributed by atoms with E-state index in [1.165, 1.54) is 6.42 Å². The van der Waals surface area contributed by atoms with Gasteiger partial charge in [0.15, 0.2) is 0 Å². The Hall–Kier alpha value is -1.58. The van der Waals surface area contributed by atoms with Gasteiger partial charge in [-0.3, -0.25) is 4.79 Å². The fraction of sp³-hybridized carbons (Fsp3) is 0.500. The minimum absolute atomic E-state index is 0.144. The lowest BCUT2D eigenvalue weighted by atomic mass is 10.1. The Bertz CT molecular complexity index is 414. The molecule has 1 atom stereocenters. The Labute approximate surface area is 95.3 Å². The van der Waals surface area contributed by atoms with E-state index in [9.17, 15) is 4.79 Å². The Kier molecular flexibility index (Phi) is 2.58. The van der Waals surface area contributed by atoms with E-state index in [2.05, 4.69) is 24.1 Å². The van der Waals surface area contributed by atoms with E-state index < -0.39 is 0 Å². The molecule has 0 radical (unpaired) electrons. The average Bonchev–Trinajstić information content (AvgIpc) is 2.83. The number of aromatic nitrogens is 1. The van der Waals surface area contributed by atoms with Gasteiger partial charge >= 0.3 is 0 Å². The summed E-state index contributed by atoms with van der Waals surface area (Å²) in [6.07, 6.45) is 1.18. The number of carbonyl (C=O) groups is 1. The van der Waals surface area contributed by atoms with Gasteiger partial charge in [0, 0.05) is 6.54 Å². The number of hydrogen-bond acceptors (Lipinski definition) is 3. The molecule has 0 saturated heterocycles. The first-order chi connectivity index (χ1) is 7.49. The molecule has 1 heterocycles. The maximum absolute atomic E-state index is 11.7. The number of nitrogens with zero attached hydrogens (tertiary/aromatic N) is 1. The number of pyridine rings is 1. The van der Waals surface area contributed by atoms with Crippen molar-refractivity contribution in [2.24, 2.45) is 11.3 Å². The lowest BCUT2D eigenvalue weighted by Gasteiger charge is -2.06. The summed E-state index contributed by atoms with van der Waals surface area (Å²) in [6.45, 7) is 5.15. The van der Waals surface area contributed by atoms with Crippen molar-refractivity contribution in [3.8, 4) is 0 Å². The van der Waals surface area contributed by atoms with Gasteiger partial charge in [0.25, 0.3) is 5.91 Å². The van der Waals surface area contributed by atoms with E-state index >= 15 is 0 Å². The summed E-state index contributed by atoms with van der Waals surface area (Å²) in [5.41, 5.74) is 6.29. The van der Waals surface area contributed by atoms with Gasteiger partial charge in [0.2, 0.25) is 0 Å². The standard InChI is InChI=1S/C12H17N3O/c1-12(2)6-8(12)7-14-11(16)9-4-3-5-10(13)15-9/h3-5,8H,6-7H2,1-2H3,(H2,13,15)(H,14,16). The van der Waals surface area contributed by atoms with E-state index in [1.54, 1.807) is 18.2 Å². The van der Waals surface area contributed by atoms with Gasteiger partial charge in [-0.25, -0.2) is 4.98 Å². The van der Waals surface area contributed by atoms with Crippen LogP contribution in [0.3, 0.4) is 0 Å². The zero-order valence-electron chi connectivity index (χ0n) is 9.66. The van der Waals surface area contributed by atoms with Crippen LogP contribution < -0.4 is 11.1 Å². The molecule has 16 heavy (non-hydrogen) atoms. The summed E-state index contributed by atoms with van der Waals surface area (Å²) in [5.74, 6) is 0.826. The van der Waals surface area contributed by atoms with Crippen LogP contribution in [0.1, 0.15) is 30.8 Å². The molecule has 0 bridgehead atoms. The molecule has 2 rings (SSSR count). The molecular weight excluding hydrogens is 202 g/mol. The Morgan fingerprint density at radius 1 is 1.62 bits per heavy atom. The Morgan fingerprint density at radius 3 is 2.88 bits per heavy atom. The highest BCUT2D eigenvalue weighted by atomic mass is 16.1. The van der Waals surface area contributed by atoms with Crippen molar-refractivity contribution >= 4 is 11.7 Å². The lowest BCUT2D eigenvalue weighted by molar-refractivity contribution is 0.0946. The van der Waals surface area contributed by atoms with Crippen molar-refractivity contribution in [3.05, 3.63) is 23.9 Å². The highest BCUT2D eigenvalue weighted by molar-refractivity contribution is 5.92. The summed E-state index contributed by atoms with van der Waals surface area (Å²) in [6, 6.07) is 5.07. The average molecular weight is 219 g/mol. The molecule has 0 aliphatic heterocycles. The molecular formula is C12H17N3O. The molecule has 3 N–H and O–H groups in total. The van der Waals surface area contributed by atoms with Gasteiger partial charge in [0.05, 0.1) is 0 Å². The summed E-state index contributed by atoms with van der Waals surface area (Å²) in [7, 11) is 0. The summed E-state index contributed by atoms with van der Waals surface area (Å²) in [5, 5.41) is 2.89. The van der Waals surface area contributed by atoms with Gasteiger partial charge < -0.3 is 11.1 Å². The van der Waals surface area contributed by atoms with Crippen molar-refractivity contribution in [2.75, 3.05) is 12.3 Å². The topological polar surface area (TPSA) is 68.0 Å². The molecule has 4 heteroatoms. The van der Waals surface area contributed by atoms with Gasteiger partial charge in [0.1, 0.15) is 11.5 Å². The minimum Gasteiger partial charge on any atom is -0.384 e. The largest absolute Gasteiger partial charge is 0.384 e. The van der Waals surface area contributed by atoms with Crippen LogP contribution in [0, 0.1) is 11.3 Å². The van der Waals surface area contributed by atoms with Crippen LogP contribution in [0.2, 0.25) is 0 Å². The summed E-state index contributed by atoms with van der Waals surface area (Å²) < 4.78 is 0. The van der Waals surface area contributed by atoms with Crippen LogP contribution >= 0.6 is 0 Å². The van der Waals surface area contributed by atoms with Crippen LogP contribution in [0.4, 0.5) is 5.82 Å². The second kappa shape index (κ2) is 3.77. The van der Waals surface area contributed by atoms with Crippen molar-refractivity contribution in [1.82, 2.24) is 10.3 Å². The molecule has 1 aromatic rings. The van der Waals surface area contributed by atoms with Crippen molar-refractivity contribution in [3.63, 3.8) is 0 Å².